The SMILES string of the molecule is COc1cccc(C(=O)N(Cc2ccc3c(c2)OCO3)Cc2ccc(C)o2)c1. The highest BCUT2D eigenvalue weighted by Crippen LogP contribution is 2.33. The Morgan fingerprint density at radius 3 is 2.68 bits per heavy atom. The Hall–Kier alpha value is -3.41. The first-order valence-electron chi connectivity index (χ1n) is 8.99. The minimum Gasteiger partial charge on any atom is -0.497 e. The van der Waals surface area contributed by atoms with Crippen molar-refractivity contribution in [3.63, 3.8) is 0 Å². The van der Waals surface area contributed by atoms with Gasteiger partial charge in [-0.05, 0) is 55.0 Å². The molecule has 0 saturated carbocycles. The van der Waals surface area contributed by atoms with Gasteiger partial charge < -0.3 is 23.5 Å². The van der Waals surface area contributed by atoms with Crippen molar-refractivity contribution >= 4 is 5.91 Å². The summed E-state index contributed by atoms with van der Waals surface area (Å²) in [5.41, 5.74) is 1.51. The Balaban J connectivity index is 1.61. The topological polar surface area (TPSA) is 61.1 Å². The molecule has 3 aromatic rings. The van der Waals surface area contributed by atoms with Gasteiger partial charge in [-0.1, -0.05) is 12.1 Å². The first-order chi connectivity index (χ1) is 13.6. The molecule has 0 fully saturated rings. The summed E-state index contributed by atoms with van der Waals surface area (Å²) in [5.74, 6) is 3.49. The van der Waals surface area contributed by atoms with E-state index in [1.165, 1.54) is 0 Å². The summed E-state index contributed by atoms with van der Waals surface area (Å²) < 4.78 is 21.8. The lowest BCUT2D eigenvalue weighted by atomic mass is 10.1. The minimum absolute atomic E-state index is 0.106. The van der Waals surface area contributed by atoms with Crippen molar-refractivity contribution in [1.82, 2.24) is 4.90 Å². The molecular weight excluding hydrogens is 358 g/mol. The van der Waals surface area contributed by atoms with Crippen molar-refractivity contribution < 1.29 is 23.4 Å². The molecule has 144 valence electrons. The monoisotopic (exact) mass is 379 g/mol. The number of benzene rings is 2. The number of hydrogen-bond donors (Lipinski definition) is 0. The summed E-state index contributed by atoms with van der Waals surface area (Å²) in [6.07, 6.45) is 0. The maximum Gasteiger partial charge on any atom is 0.254 e. The third kappa shape index (κ3) is 3.81. The van der Waals surface area contributed by atoms with Crippen molar-refractivity contribution in [3.8, 4) is 17.2 Å². The summed E-state index contributed by atoms with van der Waals surface area (Å²) in [6.45, 7) is 2.87. The van der Waals surface area contributed by atoms with Gasteiger partial charge in [-0.15, -0.1) is 0 Å². The van der Waals surface area contributed by atoms with E-state index in [0.29, 0.717) is 30.2 Å². The first kappa shape index (κ1) is 18.0. The number of furan rings is 1. The van der Waals surface area contributed by atoms with E-state index >= 15 is 0 Å². The average molecular weight is 379 g/mol. The van der Waals surface area contributed by atoms with E-state index in [2.05, 4.69) is 0 Å². The van der Waals surface area contributed by atoms with E-state index in [9.17, 15) is 4.79 Å². The zero-order valence-corrected chi connectivity index (χ0v) is 15.8. The van der Waals surface area contributed by atoms with Crippen LogP contribution in [-0.2, 0) is 13.1 Å². The zero-order chi connectivity index (χ0) is 19.5. The predicted octanol–water partition coefficient (Wildman–Crippen LogP) is 4.17. The largest absolute Gasteiger partial charge is 0.497 e. The Bertz CT molecular complexity index is 994. The Labute approximate surface area is 163 Å². The molecule has 1 amide bonds. The lowest BCUT2D eigenvalue weighted by molar-refractivity contribution is 0.0716. The Morgan fingerprint density at radius 1 is 1.04 bits per heavy atom. The minimum atomic E-state index is -0.106. The standard InChI is InChI=1S/C22H21NO5/c1-15-6-8-19(28-15)13-23(22(24)17-4-3-5-18(11-17)25-2)12-16-7-9-20-21(10-16)27-14-26-20/h3-11H,12-14H2,1-2H3. The van der Waals surface area contributed by atoms with E-state index in [1.54, 1.807) is 24.1 Å². The van der Waals surface area contributed by atoms with E-state index in [1.807, 2.05) is 49.4 Å². The quantitative estimate of drug-likeness (QED) is 0.643. The van der Waals surface area contributed by atoms with Crippen LogP contribution in [0.15, 0.2) is 59.0 Å². The molecule has 0 atom stereocenters. The Morgan fingerprint density at radius 2 is 1.89 bits per heavy atom. The summed E-state index contributed by atoms with van der Waals surface area (Å²) in [4.78, 5) is 15.0. The molecule has 6 nitrogen and oxygen atoms in total. The van der Waals surface area contributed by atoms with E-state index < -0.39 is 0 Å². The van der Waals surface area contributed by atoms with Crippen LogP contribution in [0.3, 0.4) is 0 Å². The van der Waals surface area contributed by atoms with Gasteiger partial charge in [-0.3, -0.25) is 4.79 Å². The molecule has 1 aliphatic rings. The molecule has 0 spiro atoms. The van der Waals surface area contributed by atoms with Crippen molar-refractivity contribution in [2.24, 2.45) is 0 Å². The molecule has 4 rings (SSSR count). The highest BCUT2D eigenvalue weighted by atomic mass is 16.7. The summed E-state index contributed by atoms with van der Waals surface area (Å²) in [7, 11) is 1.58. The fraction of sp³-hybridized carbons (Fsp3) is 0.227. The van der Waals surface area contributed by atoms with Gasteiger partial charge in [0, 0.05) is 12.1 Å². The zero-order valence-electron chi connectivity index (χ0n) is 15.8. The van der Waals surface area contributed by atoms with Gasteiger partial charge in [-0.2, -0.15) is 0 Å². The second-order valence-electron chi connectivity index (χ2n) is 6.59. The molecule has 1 aromatic heterocycles. The Kier molecular flexibility index (Phi) is 4.93. The van der Waals surface area contributed by atoms with Crippen LogP contribution in [0, 0.1) is 6.92 Å². The predicted molar refractivity (Wildman–Crippen MR) is 103 cm³/mol. The number of aryl methyl sites for hydroxylation is 1. The van der Waals surface area contributed by atoms with Gasteiger partial charge in [-0.25, -0.2) is 0 Å². The number of methoxy groups -OCH3 is 1. The van der Waals surface area contributed by atoms with Crippen LogP contribution in [0.1, 0.15) is 27.4 Å². The maximum absolute atomic E-state index is 13.2. The van der Waals surface area contributed by atoms with E-state index in [4.69, 9.17) is 18.6 Å². The van der Waals surface area contributed by atoms with Crippen LogP contribution in [-0.4, -0.2) is 24.7 Å². The van der Waals surface area contributed by atoms with Crippen molar-refractivity contribution in [2.75, 3.05) is 13.9 Å². The number of carbonyl (C=O) groups excluding carboxylic acids is 1. The van der Waals surface area contributed by atoms with Gasteiger partial charge in [0.05, 0.1) is 13.7 Å². The maximum atomic E-state index is 13.2. The fourth-order valence-corrected chi connectivity index (χ4v) is 3.16. The molecule has 0 bridgehead atoms. The number of ether oxygens (including phenoxy) is 3. The lowest BCUT2D eigenvalue weighted by Crippen LogP contribution is -2.30. The second kappa shape index (κ2) is 7.68. The summed E-state index contributed by atoms with van der Waals surface area (Å²) >= 11 is 0. The molecule has 0 saturated heterocycles. The van der Waals surface area contributed by atoms with Gasteiger partial charge in [0.15, 0.2) is 11.5 Å². The third-order valence-electron chi connectivity index (χ3n) is 4.56. The van der Waals surface area contributed by atoms with Gasteiger partial charge in [0.2, 0.25) is 6.79 Å². The van der Waals surface area contributed by atoms with Crippen LogP contribution >= 0.6 is 0 Å². The molecule has 0 unspecified atom stereocenters. The van der Waals surface area contributed by atoms with Crippen molar-refractivity contribution in [1.29, 1.82) is 0 Å². The normalized spacial score (nSPS) is 12.1. The van der Waals surface area contributed by atoms with Gasteiger partial charge in [0.25, 0.3) is 5.91 Å². The number of rotatable bonds is 6. The number of amides is 1. The fourth-order valence-electron chi connectivity index (χ4n) is 3.16. The molecule has 6 heteroatoms. The highest BCUT2D eigenvalue weighted by Gasteiger charge is 2.20. The van der Waals surface area contributed by atoms with Gasteiger partial charge >= 0.3 is 0 Å². The molecular formula is C22H21NO5. The molecule has 0 aliphatic carbocycles. The lowest BCUT2D eigenvalue weighted by Gasteiger charge is -2.22. The number of nitrogens with zero attached hydrogens (tertiary/aromatic N) is 1. The smallest absolute Gasteiger partial charge is 0.254 e. The number of hydrogen-bond acceptors (Lipinski definition) is 5. The molecule has 0 radical (unpaired) electrons. The number of fused-ring (bicyclic) bond motifs is 1. The van der Waals surface area contributed by atoms with Gasteiger partial charge in [0.1, 0.15) is 17.3 Å². The summed E-state index contributed by atoms with van der Waals surface area (Å²) in [6, 6.07) is 16.6. The van der Waals surface area contributed by atoms with Crippen LogP contribution in [0.5, 0.6) is 17.2 Å². The molecule has 2 aromatic carbocycles. The van der Waals surface area contributed by atoms with Crippen LogP contribution in [0.25, 0.3) is 0 Å². The van der Waals surface area contributed by atoms with Crippen molar-refractivity contribution in [2.45, 2.75) is 20.0 Å². The molecule has 2 heterocycles. The average Bonchev–Trinajstić information content (AvgIpc) is 3.35. The van der Waals surface area contributed by atoms with Crippen molar-refractivity contribution in [3.05, 3.63) is 77.2 Å². The van der Waals surface area contributed by atoms with Crippen LogP contribution < -0.4 is 14.2 Å². The van der Waals surface area contributed by atoms with Crippen LogP contribution in [0.4, 0.5) is 0 Å². The van der Waals surface area contributed by atoms with E-state index in [0.717, 1.165) is 22.8 Å². The second-order valence-corrected chi connectivity index (χ2v) is 6.59. The summed E-state index contributed by atoms with van der Waals surface area (Å²) in [5, 5.41) is 0. The highest BCUT2D eigenvalue weighted by molar-refractivity contribution is 5.94. The molecule has 1 aliphatic heterocycles. The van der Waals surface area contributed by atoms with Crippen LogP contribution in [0.2, 0.25) is 0 Å². The molecule has 28 heavy (non-hydrogen) atoms. The number of carbonyl (C=O) groups is 1. The van der Waals surface area contributed by atoms with E-state index in [-0.39, 0.29) is 12.7 Å². The first-order valence-corrected chi connectivity index (χ1v) is 8.99. The third-order valence-corrected chi connectivity index (χ3v) is 4.56. The molecule has 0 N–H and O–H groups in total.